The molecule has 4 nitrogen and oxygen atoms in total. The normalized spacial score (nSPS) is 12.4. The molecular weight excluding hydrogens is 321 g/mol. The van der Waals surface area contributed by atoms with Crippen LogP contribution in [0.4, 0.5) is 0 Å². The van der Waals surface area contributed by atoms with E-state index in [0.717, 1.165) is 5.56 Å². The average Bonchev–Trinajstić information content (AvgIpc) is 2.64. The van der Waals surface area contributed by atoms with Crippen LogP contribution < -0.4 is 5.32 Å². The van der Waals surface area contributed by atoms with Crippen molar-refractivity contribution in [1.82, 2.24) is 5.32 Å². The summed E-state index contributed by atoms with van der Waals surface area (Å²) in [6.45, 7) is 3.51. The van der Waals surface area contributed by atoms with Gasteiger partial charge >= 0.3 is 5.97 Å². The number of aliphatic carboxylic acids is 1. The lowest BCUT2D eigenvalue weighted by atomic mass is 10.0. The van der Waals surface area contributed by atoms with E-state index in [1.54, 1.807) is 19.9 Å². The highest BCUT2D eigenvalue weighted by Gasteiger charge is 2.23. The summed E-state index contributed by atoms with van der Waals surface area (Å²) in [6.07, 6.45) is 1.51. The highest BCUT2D eigenvalue weighted by atomic mass is 35.5. The Kier molecular flexibility index (Phi) is 6.79. The van der Waals surface area contributed by atoms with Gasteiger partial charge in [0, 0.05) is 6.42 Å². The van der Waals surface area contributed by atoms with Crippen molar-refractivity contribution >= 4 is 46.4 Å². The van der Waals surface area contributed by atoms with Gasteiger partial charge in [-0.05, 0) is 30.4 Å². The highest BCUT2D eigenvalue weighted by Crippen LogP contribution is 2.31. The molecule has 0 aliphatic rings. The second-order valence-electron chi connectivity index (χ2n) is 4.83. The van der Waals surface area contributed by atoms with Gasteiger partial charge in [0.1, 0.15) is 6.04 Å². The number of carbonyl (C=O) groups is 2. The minimum atomic E-state index is -1.01. The smallest absolute Gasteiger partial charge is 0.326 e. The van der Waals surface area contributed by atoms with Gasteiger partial charge in [-0.15, -0.1) is 11.3 Å². The maximum Gasteiger partial charge on any atom is 0.326 e. The first-order valence-electron chi connectivity index (χ1n) is 6.27. The first kappa shape index (κ1) is 17.3. The molecule has 0 aliphatic carbocycles. The van der Waals surface area contributed by atoms with E-state index in [0.29, 0.717) is 21.5 Å². The van der Waals surface area contributed by atoms with Crippen LogP contribution in [-0.4, -0.2) is 23.0 Å². The number of amides is 1. The largest absolute Gasteiger partial charge is 0.480 e. The molecule has 0 radical (unpaired) electrons. The van der Waals surface area contributed by atoms with E-state index < -0.39 is 12.0 Å². The van der Waals surface area contributed by atoms with Gasteiger partial charge in [0.15, 0.2) is 0 Å². The average molecular weight is 338 g/mol. The van der Waals surface area contributed by atoms with Gasteiger partial charge in [0.25, 0.3) is 0 Å². The zero-order valence-electron chi connectivity index (χ0n) is 11.3. The monoisotopic (exact) mass is 337 g/mol. The molecule has 0 fully saturated rings. The molecule has 112 valence electrons. The molecule has 1 amide bonds. The SMILES string of the molecule is CC(C)[C@@H](NC(=O)CCCc1cc(Cl)sc1Cl)C(=O)O. The Hall–Kier alpha value is -0.780. The topological polar surface area (TPSA) is 66.4 Å². The quantitative estimate of drug-likeness (QED) is 0.798. The number of carbonyl (C=O) groups excluding carboxylic acids is 1. The van der Waals surface area contributed by atoms with Crippen molar-refractivity contribution in [3.05, 3.63) is 20.3 Å². The van der Waals surface area contributed by atoms with Gasteiger partial charge in [0.2, 0.25) is 5.91 Å². The minimum absolute atomic E-state index is 0.151. The van der Waals surface area contributed by atoms with Crippen LogP contribution in [0.25, 0.3) is 0 Å². The maximum atomic E-state index is 11.7. The van der Waals surface area contributed by atoms with E-state index >= 15 is 0 Å². The molecule has 1 heterocycles. The highest BCUT2D eigenvalue weighted by molar-refractivity contribution is 7.20. The fraction of sp³-hybridized carbons (Fsp3) is 0.538. The lowest BCUT2D eigenvalue weighted by Crippen LogP contribution is -2.44. The molecule has 0 saturated carbocycles. The summed E-state index contributed by atoms with van der Waals surface area (Å²) in [5.41, 5.74) is 0.924. The van der Waals surface area contributed by atoms with Crippen molar-refractivity contribution in [1.29, 1.82) is 0 Å². The Labute approximate surface area is 132 Å². The molecule has 1 aromatic heterocycles. The first-order valence-corrected chi connectivity index (χ1v) is 7.84. The van der Waals surface area contributed by atoms with Gasteiger partial charge in [-0.2, -0.15) is 0 Å². The molecular formula is C13H17Cl2NO3S. The van der Waals surface area contributed by atoms with Crippen molar-refractivity contribution in [2.24, 2.45) is 5.92 Å². The van der Waals surface area contributed by atoms with Crippen LogP contribution >= 0.6 is 34.5 Å². The van der Waals surface area contributed by atoms with Crippen molar-refractivity contribution < 1.29 is 14.7 Å². The van der Waals surface area contributed by atoms with Crippen molar-refractivity contribution in [3.8, 4) is 0 Å². The van der Waals surface area contributed by atoms with Crippen LogP contribution in [0.1, 0.15) is 32.3 Å². The summed E-state index contributed by atoms with van der Waals surface area (Å²) in [5, 5.41) is 11.5. The van der Waals surface area contributed by atoms with E-state index in [-0.39, 0.29) is 18.2 Å². The Morgan fingerprint density at radius 1 is 1.40 bits per heavy atom. The molecule has 0 unspecified atom stereocenters. The summed E-state index contributed by atoms with van der Waals surface area (Å²) >= 11 is 13.1. The minimum Gasteiger partial charge on any atom is -0.480 e. The Morgan fingerprint density at radius 3 is 2.50 bits per heavy atom. The zero-order valence-corrected chi connectivity index (χ0v) is 13.6. The standard InChI is InChI=1S/C13H17Cl2NO3S/c1-7(2)11(13(18)19)16-10(17)5-3-4-8-6-9(14)20-12(8)15/h6-7,11H,3-5H2,1-2H3,(H,16,17)(H,18,19)/t11-/m1/s1. The van der Waals surface area contributed by atoms with Gasteiger partial charge in [-0.25, -0.2) is 4.79 Å². The van der Waals surface area contributed by atoms with Crippen molar-refractivity contribution in [3.63, 3.8) is 0 Å². The second kappa shape index (κ2) is 7.86. The Bertz CT molecular complexity index is 488. The van der Waals surface area contributed by atoms with E-state index in [1.165, 1.54) is 11.3 Å². The predicted octanol–water partition coefficient (Wildman–Crippen LogP) is 3.60. The van der Waals surface area contributed by atoms with Gasteiger partial charge in [0.05, 0.1) is 8.67 Å². The lowest BCUT2D eigenvalue weighted by Gasteiger charge is -2.17. The number of nitrogens with one attached hydrogen (secondary N) is 1. The molecule has 20 heavy (non-hydrogen) atoms. The number of hydrogen-bond donors (Lipinski definition) is 2. The Balaban J connectivity index is 2.40. The van der Waals surface area contributed by atoms with Crippen LogP contribution in [-0.2, 0) is 16.0 Å². The third kappa shape index (κ3) is 5.31. The van der Waals surface area contributed by atoms with E-state index in [9.17, 15) is 9.59 Å². The number of carboxylic acid groups (broad SMARTS) is 1. The second-order valence-corrected chi connectivity index (χ2v) is 7.12. The van der Waals surface area contributed by atoms with Crippen LogP contribution in [0.3, 0.4) is 0 Å². The summed E-state index contributed by atoms with van der Waals surface area (Å²) < 4.78 is 1.27. The molecule has 0 saturated heterocycles. The fourth-order valence-electron chi connectivity index (χ4n) is 1.74. The van der Waals surface area contributed by atoms with Gasteiger partial charge in [-0.1, -0.05) is 37.0 Å². The third-order valence-electron chi connectivity index (χ3n) is 2.83. The molecule has 7 heteroatoms. The molecule has 1 aromatic rings. The third-order valence-corrected chi connectivity index (χ3v) is 4.40. The number of halogens is 2. The van der Waals surface area contributed by atoms with Crippen LogP contribution in [0, 0.1) is 5.92 Å². The van der Waals surface area contributed by atoms with Crippen molar-refractivity contribution in [2.45, 2.75) is 39.2 Å². The number of thiophene rings is 1. The van der Waals surface area contributed by atoms with Crippen LogP contribution in [0.15, 0.2) is 6.07 Å². The summed E-state index contributed by atoms with van der Waals surface area (Å²) in [6, 6.07) is 0.947. The first-order chi connectivity index (χ1) is 9.31. The predicted molar refractivity (Wildman–Crippen MR) is 81.7 cm³/mol. The summed E-state index contributed by atoms with van der Waals surface area (Å²) in [5.74, 6) is -1.42. The van der Waals surface area contributed by atoms with E-state index in [2.05, 4.69) is 5.32 Å². The zero-order chi connectivity index (χ0) is 15.3. The van der Waals surface area contributed by atoms with Crippen molar-refractivity contribution in [2.75, 3.05) is 0 Å². The number of hydrogen-bond acceptors (Lipinski definition) is 3. The molecule has 0 aromatic carbocycles. The van der Waals surface area contributed by atoms with Gasteiger partial charge in [-0.3, -0.25) is 4.79 Å². The van der Waals surface area contributed by atoms with Gasteiger partial charge < -0.3 is 10.4 Å². The van der Waals surface area contributed by atoms with Crippen LogP contribution in [0.5, 0.6) is 0 Å². The lowest BCUT2D eigenvalue weighted by molar-refractivity contribution is -0.143. The van der Waals surface area contributed by atoms with E-state index in [4.69, 9.17) is 28.3 Å². The molecule has 0 bridgehead atoms. The Morgan fingerprint density at radius 2 is 2.05 bits per heavy atom. The molecule has 1 atom stereocenters. The van der Waals surface area contributed by atoms with Crippen LogP contribution in [0.2, 0.25) is 8.67 Å². The number of aryl methyl sites for hydroxylation is 1. The molecule has 1 rings (SSSR count). The number of carboxylic acids is 1. The van der Waals surface area contributed by atoms with E-state index in [1.807, 2.05) is 0 Å². The summed E-state index contributed by atoms with van der Waals surface area (Å²) in [7, 11) is 0. The number of rotatable bonds is 7. The summed E-state index contributed by atoms with van der Waals surface area (Å²) in [4.78, 5) is 22.7. The molecule has 0 spiro atoms. The molecule has 2 N–H and O–H groups in total. The maximum absolute atomic E-state index is 11.7. The molecule has 0 aliphatic heterocycles. The fourth-order valence-corrected chi connectivity index (χ4v) is 3.29.